The third-order valence-electron chi connectivity index (χ3n) is 5.47. The maximum absolute atomic E-state index is 11.8. The Labute approximate surface area is 117 Å². The molecular weight excluding hydrogens is 258 g/mol. The number of aryl methyl sites for hydroxylation is 1. The Morgan fingerprint density at radius 2 is 1.85 bits per heavy atom. The van der Waals surface area contributed by atoms with Crippen LogP contribution in [-0.4, -0.2) is 33.8 Å². The fourth-order valence-electron chi connectivity index (χ4n) is 4.29. The van der Waals surface area contributed by atoms with Gasteiger partial charge in [-0.2, -0.15) is 5.10 Å². The summed E-state index contributed by atoms with van der Waals surface area (Å²) >= 11 is 0. The molecule has 1 saturated heterocycles. The number of nitrogens with one attached hydrogen (secondary N) is 1. The van der Waals surface area contributed by atoms with Crippen LogP contribution in [0.1, 0.15) is 50.4 Å². The SMILES string of the molecule is Cc1n[nH]c(=O)n1C1CC2(CCC3(CC2)OCCO3)C1. The first-order chi connectivity index (χ1) is 9.62. The van der Waals surface area contributed by atoms with Crippen LogP contribution in [0, 0.1) is 12.3 Å². The van der Waals surface area contributed by atoms with Gasteiger partial charge in [0.05, 0.1) is 13.2 Å². The molecule has 20 heavy (non-hydrogen) atoms. The van der Waals surface area contributed by atoms with Crippen molar-refractivity contribution in [3.63, 3.8) is 0 Å². The lowest BCUT2D eigenvalue weighted by atomic mass is 9.57. The van der Waals surface area contributed by atoms with E-state index in [1.807, 2.05) is 11.5 Å². The zero-order valence-corrected chi connectivity index (χ0v) is 11.9. The summed E-state index contributed by atoms with van der Waals surface area (Å²) in [5, 5.41) is 6.53. The van der Waals surface area contributed by atoms with Gasteiger partial charge in [-0.05, 0) is 38.0 Å². The molecule has 2 aliphatic carbocycles. The van der Waals surface area contributed by atoms with Crippen molar-refractivity contribution >= 4 is 0 Å². The van der Waals surface area contributed by atoms with Crippen LogP contribution in [0.4, 0.5) is 0 Å². The van der Waals surface area contributed by atoms with Gasteiger partial charge in [0.25, 0.3) is 0 Å². The van der Waals surface area contributed by atoms with Gasteiger partial charge in [-0.1, -0.05) is 0 Å². The van der Waals surface area contributed by atoms with E-state index >= 15 is 0 Å². The molecule has 110 valence electrons. The molecule has 2 saturated carbocycles. The summed E-state index contributed by atoms with van der Waals surface area (Å²) in [6, 6.07) is 0.320. The van der Waals surface area contributed by atoms with E-state index in [2.05, 4.69) is 10.2 Å². The first-order valence-corrected chi connectivity index (χ1v) is 7.53. The van der Waals surface area contributed by atoms with Crippen molar-refractivity contribution in [2.45, 2.75) is 57.3 Å². The Kier molecular flexibility index (Phi) is 2.63. The first kappa shape index (κ1) is 12.6. The third kappa shape index (κ3) is 1.78. The van der Waals surface area contributed by atoms with E-state index in [-0.39, 0.29) is 11.5 Å². The number of hydrogen-bond acceptors (Lipinski definition) is 4. The minimum atomic E-state index is -0.279. The monoisotopic (exact) mass is 279 g/mol. The fourth-order valence-corrected chi connectivity index (χ4v) is 4.29. The molecular formula is C14H21N3O3. The van der Waals surface area contributed by atoms with Crippen LogP contribution in [-0.2, 0) is 9.47 Å². The maximum Gasteiger partial charge on any atom is 0.343 e. The van der Waals surface area contributed by atoms with Crippen LogP contribution in [0.15, 0.2) is 4.79 Å². The molecule has 4 rings (SSSR count). The second kappa shape index (κ2) is 4.18. The molecule has 3 aliphatic rings. The van der Waals surface area contributed by atoms with E-state index < -0.39 is 0 Å². The van der Waals surface area contributed by atoms with Crippen molar-refractivity contribution < 1.29 is 9.47 Å². The predicted octanol–water partition coefficient (Wildman–Crippen LogP) is 1.52. The summed E-state index contributed by atoms with van der Waals surface area (Å²) in [6.07, 6.45) is 6.47. The van der Waals surface area contributed by atoms with Crippen LogP contribution in [0.3, 0.4) is 0 Å². The number of aromatic amines is 1. The lowest BCUT2D eigenvalue weighted by molar-refractivity contribution is -0.202. The fraction of sp³-hybridized carbons (Fsp3) is 0.857. The Hall–Kier alpha value is -1.14. The van der Waals surface area contributed by atoms with Gasteiger partial charge in [0.1, 0.15) is 5.82 Å². The van der Waals surface area contributed by atoms with Crippen LogP contribution < -0.4 is 5.69 Å². The summed E-state index contributed by atoms with van der Waals surface area (Å²) in [5.41, 5.74) is 0.325. The summed E-state index contributed by atoms with van der Waals surface area (Å²) in [4.78, 5) is 11.8. The molecule has 6 nitrogen and oxygen atoms in total. The number of rotatable bonds is 1. The summed E-state index contributed by atoms with van der Waals surface area (Å²) in [6.45, 7) is 3.36. The molecule has 1 N–H and O–H groups in total. The second-order valence-corrected chi connectivity index (χ2v) is 6.62. The van der Waals surface area contributed by atoms with Crippen molar-refractivity contribution in [3.05, 3.63) is 16.3 Å². The van der Waals surface area contributed by atoms with E-state index in [4.69, 9.17) is 9.47 Å². The summed E-state index contributed by atoms with van der Waals surface area (Å²) in [5.74, 6) is 0.517. The molecule has 1 aromatic heterocycles. The van der Waals surface area contributed by atoms with Gasteiger partial charge >= 0.3 is 5.69 Å². The second-order valence-electron chi connectivity index (χ2n) is 6.62. The molecule has 0 aromatic carbocycles. The Morgan fingerprint density at radius 3 is 2.40 bits per heavy atom. The molecule has 3 fully saturated rings. The van der Waals surface area contributed by atoms with Gasteiger partial charge in [0.2, 0.25) is 0 Å². The third-order valence-corrected chi connectivity index (χ3v) is 5.47. The summed E-state index contributed by atoms with van der Waals surface area (Å²) in [7, 11) is 0. The molecule has 2 spiro atoms. The zero-order valence-electron chi connectivity index (χ0n) is 11.9. The van der Waals surface area contributed by atoms with Gasteiger partial charge in [0.15, 0.2) is 5.79 Å². The number of H-pyrrole nitrogens is 1. The molecule has 1 aliphatic heterocycles. The van der Waals surface area contributed by atoms with Crippen molar-refractivity contribution in [2.75, 3.05) is 13.2 Å². The lowest BCUT2D eigenvalue weighted by Gasteiger charge is -2.53. The van der Waals surface area contributed by atoms with Gasteiger partial charge in [-0.3, -0.25) is 4.57 Å². The highest BCUT2D eigenvalue weighted by Gasteiger charge is 2.52. The lowest BCUT2D eigenvalue weighted by Crippen LogP contribution is -2.48. The topological polar surface area (TPSA) is 69.1 Å². The maximum atomic E-state index is 11.8. The number of nitrogens with zero attached hydrogens (tertiary/aromatic N) is 2. The molecule has 0 atom stereocenters. The van der Waals surface area contributed by atoms with Crippen molar-refractivity contribution in [1.82, 2.24) is 14.8 Å². The van der Waals surface area contributed by atoms with Crippen molar-refractivity contribution in [2.24, 2.45) is 5.41 Å². The Bertz CT molecular complexity index is 552. The minimum Gasteiger partial charge on any atom is -0.348 e. The van der Waals surface area contributed by atoms with Gasteiger partial charge in [0, 0.05) is 18.9 Å². The van der Waals surface area contributed by atoms with E-state index in [9.17, 15) is 4.79 Å². The molecule has 0 radical (unpaired) electrons. The van der Waals surface area contributed by atoms with Gasteiger partial charge in [-0.15, -0.1) is 0 Å². The van der Waals surface area contributed by atoms with E-state index in [0.717, 1.165) is 57.6 Å². The van der Waals surface area contributed by atoms with Crippen LogP contribution >= 0.6 is 0 Å². The minimum absolute atomic E-state index is 0.0721. The average molecular weight is 279 g/mol. The molecule has 6 heteroatoms. The number of ether oxygens (including phenoxy) is 2. The van der Waals surface area contributed by atoms with E-state index in [1.165, 1.54) is 0 Å². The predicted molar refractivity (Wildman–Crippen MR) is 71.4 cm³/mol. The normalized spacial score (nSPS) is 28.1. The van der Waals surface area contributed by atoms with Crippen molar-refractivity contribution in [1.29, 1.82) is 0 Å². The van der Waals surface area contributed by atoms with E-state index in [0.29, 0.717) is 11.5 Å². The molecule has 1 aromatic rings. The van der Waals surface area contributed by atoms with Crippen molar-refractivity contribution in [3.8, 4) is 0 Å². The Balaban J connectivity index is 1.43. The molecule has 2 heterocycles. The highest BCUT2D eigenvalue weighted by atomic mass is 16.7. The smallest absolute Gasteiger partial charge is 0.343 e. The van der Waals surface area contributed by atoms with Crippen LogP contribution in [0.5, 0.6) is 0 Å². The largest absolute Gasteiger partial charge is 0.348 e. The van der Waals surface area contributed by atoms with E-state index in [1.54, 1.807) is 0 Å². The number of hydrogen-bond donors (Lipinski definition) is 1. The standard InChI is InChI=1S/C14H21N3O3/c1-10-15-16-12(18)17(10)11-8-13(9-11)2-4-14(5-3-13)19-6-7-20-14/h11H,2-9H2,1H3,(H,16,18). The first-order valence-electron chi connectivity index (χ1n) is 7.53. The van der Waals surface area contributed by atoms with Gasteiger partial charge in [-0.25, -0.2) is 9.89 Å². The van der Waals surface area contributed by atoms with Crippen LogP contribution in [0.2, 0.25) is 0 Å². The average Bonchev–Trinajstić information content (AvgIpc) is 2.98. The molecule has 0 unspecified atom stereocenters. The highest BCUT2D eigenvalue weighted by Crippen LogP contribution is 2.59. The molecule has 0 amide bonds. The molecule has 0 bridgehead atoms. The highest BCUT2D eigenvalue weighted by molar-refractivity contribution is 5.03. The number of aromatic nitrogens is 3. The summed E-state index contributed by atoms with van der Waals surface area (Å²) < 4.78 is 13.4. The zero-order chi connectivity index (χ0) is 13.8. The Morgan fingerprint density at radius 1 is 1.20 bits per heavy atom. The quantitative estimate of drug-likeness (QED) is 0.846. The van der Waals surface area contributed by atoms with Gasteiger partial charge < -0.3 is 9.47 Å². The van der Waals surface area contributed by atoms with Crippen LogP contribution in [0.25, 0.3) is 0 Å².